The van der Waals surface area contributed by atoms with E-state index in [-0.39, 0.29) is 4.91 Å². The van der Waals surface area contributed by atoms with Gasteiger partial charge in [0.2, 0.25) is 0 Å². The number of carboxylic acid groups (broad SMARTS) is 1. The zero-order chi connectivity index (χ0) is 30.1. The number of carbonyl (C=O) groups excluding carboxylic acids is 2. The summed E-state index contributed by atoms with van der Waals surface area (Å²) < 4.78 is 0. The number of benzene rings is 3. The molecule has 0 spiro atoms. The molecule has 3 N–H and O–H groups in total. The minimum atomic E-state index is -1.25. The highest BCUT2D eigenvalue weighted by molar-refractivity contribution is 8.18. The predicted octanol–water partition coefficient (Wildman–Crippen LogP) is 6.43. The van der Waals surface area contributed by atoms with E-state index in [1.54, 1.807) is 5.38 Å². The van der Waals surface area contributed by atoms with E-state index in [0.29, 0.717) is 22.6 Å². The topological polar surface area (TPSA) is 112 Å². The Morgan fingerprint density at radius 1 is 0.884 bits per heavy atom. The number of nitrogens with zero attached hydrogens (tertiary/aromatic N) is 2. The Kier molecular flexibility index (Phi) is 10.0. The van der Waals surface area contributed by atoms with Crippen molar-refractivity contribution in [1.29, 1.82) is 0 Å². The largest absolute Gasteiger partial charge is 0.480 e. The number of piperidine rings is 1. The molecule has 2 aliphatic heterocycles. The molecule has 220 valence electrons. The fourth-order valence-corrected chi connectivity index (χ4v) is 6.61. The summed E-state index contributed by atoms with van der Waals surface area (Å²) >= 11 is 2.09. The number of carboxylic acids is 1. The molecule has 2 amide bonds. The van der Waals surface area contributed by atoms with E-state index < -0.39 is 29.2 Å². The van der Waals surface area contributed by atoms with Crippen LogP contribution in [0, 0.1) is 0 Å². The molecule has 2 aliphatic rings. The van der Waals surface area contributed by atoms with Crippen LogP contribution in [0.4, 0.5) is 9.93 Å². The molecule has 2 fully saturated rings. The molecule has 43 heavy (non-hydrogen) atoms. The molecule has 0 radical (unpaired) electrons. The smallest absolute Gasteiger partial charge is 0.323 e. The van der Waals surface area contributed by atoms with E-state index >= 15 is 0 Å². The van der Waals surface area contributed by atoms with Crippen molar-refractivity contribution < 1.29 is 19.5 Å². The molecule has 3 heterocycles. The van der Waals surface area contributed by atoms with Crippen LogP contribution in [0.5, 0.6) is 0 Å². The van der Waals surface area contributed by atoms with Gasteiger partial charge in [-0.2, -0.15) is 0 Å². The first kappa shape index (κ1) is 30.2. The molecule has 8 nitrogen and oxygen atoms in total. The quantitative estimate of drug-likeness (QED) is 0.154. The average Bonchev–Trinajstić information content (AvgIpc) is 3.60. The van der Waals surface area contributed by atoms with Crippen LogP contribution in [-0.2, 0) is 15.1 Å². The molecular weight excluding hydrogens is 581 g/mol. The Balaban J connectivity index is 0.000000548. The van der Waals surface area contributed by atoms with Gasteiger partial charge in [-0.25, -0.2) is 4.98 Å². The summed E-state index contributed by atoms with van der Waals surface area (Å²) in [6.07, 6.45) is 5.73. The van der Waals surface area contributed by atoms with Crippen LogP contribution in [-0.4, -0.2) is 51.7 Å². The van der Waals surface area contributed by atoms with Gasteiger partial charge in [-0.15, -0.1) is 11.3 Å². The number of anilines is 1. The van der Waals surface area contributed by atoms with E-state index in [4.69, 9.17) is 10.1 Å². The molecule has 4 aromatic rings. The van der Waals surface area contributed by atoms with E-state index in [2.05, 4.69) is 47.0 Å². The zero-order valence-corrected chi connectivity index (χ0v) is 25.1. The number of thiazole rings is 1. The van der Waals surface area contributed by atoms with Crippen LogP contribution in [0.15, 0.2) is 101 Å². The van der Waals surface area contributed by atoms with E-state index in [1.165, 1.54) is 49.8 Å². The Bertz CT molecular complexity index is 1460. The van der Waals surface area contributed by atoms with Gasteiger partial charge in [0.05, 0.1) is 10.6 Å². The number of imide groups is 1. The van der Waals surface area contributed by atoms with Crippen molar-refractivity contribution in [2.75, 3.05) is 25.0 Å². The lowest BCUT2D eigenvalue weighted by Gasteiger charge is -2.36. The molecular formula is C33H32N4O4S2. The second kappa shape index (κ2) is 14.3. The number of thioether (sulfide) groups is 1. The molecule has 0 atom stereocenters. The standard InChI is InChI=1S/C28H21N3O4S2.C5H11N/c32-24(33)17-31-25(34)23(37-27(31)35)16-22-18-36-26(29-22)30-28(19-10-4-1-5-11-19,20-12-6-2-7-13-20)21-14-8-3-9-15-21;1-2-4-6-5-3-1/h1-16,18H,17H2,(H,29,30)(H,32,33);6H,1-5H2. The van der Waals surface area contributed by atoms with E-state index in [1.807, 2.05) is 54.6 Å². The summed E-state index contributed by atoms with van der Waals surface area (Å²) in [5, 5.41) is 17.7. The lowest BCUT2D eigenvalue weighted by Crippen LogP contribution is -2.38. The van der Waals surface area contributed by atoms with Crippen LogP contribution in [0.25, 0.3) is 6.08 Å². The predicted molar refractivity (Wildman–Crippen MR) is 172 cm³/mol. The number of nitrogens with one attached hydrogen (secondary N) is 2. The van der Waals surface area contributed by atoms with Gasteiger partial charge in [-0.3, -0.25) is 19.3 Å². The third-order valence-corrected chi connectivity index (χ3v) is 8.77. The average molecular weight is 613 g/mol. The molecule has 6 rings (SSSR count). The summed E-state index contributed by atoms with van der Waals surface area (Å²) in [7, 11) is 0. The second-order valence-electron chi connectivity index (χ2n) is 10.0. The first-order valence-electron chi connectivity index (χ1n) is 14.1. The maximum Gasteiger partial charge on any atom is 0.323 e. The third-order valence-electron chi connectivity index (χ3n) is 7.09. The highest BCUT2D eigenvalue weighted by Crippen LogP contribution is 2.41. The van der Waals surface area contributed by atoms with Gasteiger partial charge in [0.25, 0.3) is 11.1 Å². The molecule has 1 aromatic heterocycles. The maximum absolute atomic E-state index is 12.6. The Morgan fingerprint density at radius 3 is 1.86 bits per heavy atom. The first-order valence-corrected chi connectivity index (χ1v) is 15.7. The summed E-state index contributed by atoms with van der Waals surface area (Å²) in [5.41, 5.74) is 2.83. The third kappa shape index (κ3) is 7.22. The van der Waals surface area contributed by atoms with Crippen molar-refractivity contribution in [2.45, 2.75) is 24.8 Å². The van der Waals surface area contributed by atoms with Gasteiger partial charge in [0, 0.05) is 5.38 Å². The highest BCUT2D eigenvalue weighted by Gasteiger charge is 2.38. The Hall–Kier alpha value is -4.25. The number of amides is 2. The van der Waals surface area contributed by atoms with Crippen LogP contribution in [0.2, 0.25) is 0 Å². The summed E-state index contributed by atoms with van der Waals surface area (Å²) in [6, 6.07) is 30.3. The second-order valence-corrected chi connectivity index (χ2v) is 11.9. The first-order chi connectivity index (χ1) is 21.0. The van der Waals surface area contributed by atoms with Gasteiger partial charge >= 0.3 is 5.97 Å². The fourth-order valence-electron chi connectivity index (χ4n) is 5.06. The number of hydrogen-bond donors (Lipinski definition) is 3. The highest BCUT2D eigenvalue weighted by atomic mass is 32.2. The molecule has 2 saturated heterocycles. The van der Waals surface area contributed by atoms with Crippen molar-refractivity contribution in [3.8, 4) is 0 Å². The minimum absolute atomic E-state index is 0.142. The van der Waals surface area contributed by atoms with Crippen LogP contribution in [0.1, 0.15) is 41.6 Å². The molecule has 0 saturated carbocycles. The van der Waals surface area contributed by atoms with Gasteiger partial charge in [-0.05, 0) is 60.5 Å². The zero-order valence-electron chi connectivity index (χ0n) is 23.4. The summed E-state index contributed by atoms with van der Waals surface area (Å²) in [4.78, 5) is 41.2. The fraction of sp³-hybridized carbons (Fsp3) is 0.212. The maximum atomic E-state index is 12.6. The normalized spacial score (nSPS) is 16.1. The van der Waals surface area contributed by atoms with E-state index in [9.17, 15) is 14.4 Å². The molecule has 0 bridgehead atoms. The number of hydrogen-bond acceptors (Lipinski definition) is 8. The summed E-state index contributed by atoms with van der Waals surface area (Å²) in [5.74, 6) is -1.88. The minimum Gasteiger partial charge on any atom is -0.480 e. The number of rotatable bonds is 8. The molecule has 3 aromatic carbocycles. The van der Waals surface area contributed by atoms with Crippen LogP contribution in [0.3, 0.4) is 0 Å². The van der Waals surface area contributed by atoms with Crippen molar-refractivity contribution in [3.63, 3.8) is 0 Å². The van der Waals surface area contributed by atoms with Gasteiger partial charge in [0.1, 0.15) is 12.1 Å². The SMILES string of the molecule is C1CCNCC1.O=C(O)CN1C(=O)SC(=Cc2csc(NC(c3ccccc3)(c3ccccc3)c3ccccc3)n2)C1=O. The van der Waals surface area contributed by atoms with Crippen molar-refractivity contribution >= 4 is 51.4 Å². The van der Waals surface area contributed by atoms with Gasteiger partial charge < -0.3 is 15.7 Å². The van der Waals surface area contributed by atoms with Gasteiger partial charge in [-0.1, -0.05) is 97.4 Å². The molecule has 10 heteroatoms. The van der Waals surface area contributed by atoms with Crippen molar-refractivity contribution in [3.05, 3.63) is 124 Å². The number of aromatic nitrogens is 1. The Morgan fingerprint density at radius 2 is 1.42 bits per heavy atom. The van der Waals surface area contributed by atoms with Crippen molar-refractivity contribution in [2.24, 2.45) is 0 Å². The number of aliphatic carboxylic acids is 1. The molecule has 0 aliphatic carbocycles. The lowest BCUT2D eigenvalue weighted by atomic mass is 9.77. The van der Waals surface area contributed by atoms with E-state index in [0.717, 1.165) is 21.6 Å². The monoisotopic (exact) mass is 612 g/mol. The van der Waals surface area contributed by atoms with Gasteiger partial charge in [0.15, 0.2) is 5.13 Å². The Labute approximate surface area is 258 Å². The summed E-state index contributed by atoms with van der Waals surface area (Å²) in [6.45, 7) is 1.83. The van der Waals surface area contributed by atoms with Crippen LogP contribution >= 0.6 is 23.1 Å². The van der Waals surface area contributed by atoms with Crippen molar-refractivity contribution in [1.82, 2.24) is 15.2 Å². The molecule has 0 unspecified atom stereocenters. The van der Waals surface area contributed by atoms with Crippen LogP contribution < -0.4 is 10.6 Å². The lowest BCUT2D eigenvalue weighted by molar-refractivity contribution is -0.140. The number of carbonyl (C=O) groups is 3.